The van der Waals surface area contributed by atoms with Gasteiger partial charge in [0.05, 0.1) is 24.4 Å². The van der Waals surface area contributed by atoms with Crippen molar-refractivity contribution in [1.29, 1.82) is 0 Å². The van der Waals surface area contributed by atoms with E-state index >= 15 is 0 Å². The molecule has 51 heavy (non-hydrogen) atoms. The highest BCUT2D eigenvalue weighted by molar-refractivity contribution is 7.13. The molecule has 0 spiro atoms. The molecule has 0 aliphatic carbocycles. The minimum absolute atomic E-state index is 0.0666. The van der Waals surface area contributed by atoms with Crippen molar-refractivity contribution in [1.82, 2.24) is 20.2 Å². The highest BCUT2D eigenvalue weighted by atomic mass is 32.1. The molecule has 5 aromatic rings. The monoisotopic (exact) mass is 712 g/mol. The van der Waals surface area contributed by atoms with Crippen molar-refractivity contribution in [2.45, 2.75) is 38.0 Å². The number of aromatic hydroxyl groups is 1. The van der Waals surface area contributed by atoms with Gasteiger partial charge in [0, 0.05) is 85.1 Å². The molecular weight excluding hydrogens is 673 g/mol. The van der Waals surface area contributed by atoms with Crippen LogP contribution < -0.4 is 26.2 Å². The van der Waals surface area contributed by atoms with E-state index in [9.17, 15) is 24.6 Å². The van der Waals surface area contributed by atoms with Crippen molar-refractivity contribution >= 4 is 45.6 Å². The van der Waals surface area contributed by atoms with Crippen LogP contribution in [0.2, 0.25) is 0 Å². The number of nitrogens with one attached hydrogen (secondary N) is 4. The van der Waals surface area contributed by atoms with Crippen LogP contribution in [-0.2, 0) is 16.1 Å². The van der Waals surface area contributed by atoms with Gasteiger partial charge in [-0.25, -0.2) is 9.78 Å². The molecule has 266 valence electrons. The van der Waals surface area contributed by atoms with E-state index in [1.807, 2.05) is 35.7 Å². The number of fused-ring (bicyclic) bond motifs is 1. The lowest BCUT2D eigenvalue weighted by molar-refractivity contribution is -0.116. The number of pyridine rings is 1. The number of benzene rings is 3. The zero-order valence-corrected chi connectivity index (χ0v) is 28.9. The number of para-hydroxylation sites is 1. The van der Waals surface area contributed by atoms with Crippen LogP contribution in [0.3, 0.4) is 0 Å². The average Bonchev–Trinajstić information content (AvgIpc) is 3.67. The van der Waals surface area contributed by atoms with Gasteiger partial charge in [0.1, 0.15) is 22.6 Å². The number of hydrogen-bond donors (Lipinski definition) is 6. The predicted molar refractivity (Wildman–Crippen MR) is 196 cm³/mol. The highest BCUT2D eigenvalue weighted by Gasteiger charge is 2.23. The fourth-order valence-electron chi connectivity index (χ4n) is 6.13. The van der Waals surface area contributed by atoms with Crippen molar-refractivity contribution < 1.29 is 29.3 Å². The lowest BCUT2D eigenvalue weighted by Gasteiger charge is -2.31. The van der Waals surface area contributed by atoms with Gasteiger partial charge in [-0.05, 0) is 48.7 Å². The van der Waals surface area contributed by atoms with E-state index in [4.69, 9.17) is 9.47 Å². The van der Waals surface area contributed by atoms with Gasteiger partial charge in [-0.2, -0.15) is 0 Å². The Labute approximate surface area is 298 Å². The zero-order chi connectivity index (χ0) is 35.7. The Morgan fingerprint density at radius 1 is 1.08 bits per heavy atom. The molecule has 0 unspecified atom stereocenters. The summed E-state index contributed by atoms with van der Waals surface area (Å²) in [5.74, 6) is 0.397. The van der Waals surface area contributed by atoms with Gasteiger partial charge < -0.3 is 40.2 Å². The largest absolute Gasteiger partial charge is 0.506 e. The number of carbonyl (C=O) groups is 2. The van der Waals surface area contributed by atoms with Crippen LogP contribution >= 0.6 is 11.3 Å². The zero-order valence-electron chi connectivity index (χ0n) is 28.1. The quantitative estimate of drug-likeness (QED) is 0.0947. The molecule has 0 radical (unpaired) electrons. The Kier molecular flexibility index (Phi) is 11.6. The van der Waals surface area contributed by atoms with Crippen molar-refractivity contribution in [3.05, 3.63) is 99.8 Å². The first-order valence-corrected chi connectivity index (χ1v) is 17.5. The molecule has 14 heteroatoms. The average molecular weight is 713 g/mol. The van der Waals surface area contributed by atoms with E-state index in [1.54, 1.807) is 37.6 Å². The highest BCUT2D eigenvalue weighted by Crippen LogP contribution is 2.31. The molecule has 0 bridgehead atoms. The number of carbonyl (C=O) groups excluding carboxylic acids is 2. The smallest absolute Gasteiger partial charge is 0.411 e. The number of H-pyrrole nitrogens is 1. The molecule has 1 fully saturated rings. The summed E-state index contributed by atoms with van der Waals surface area (Å²) in [6, 6.07) is 18.9. The first-order chi connectivity index (χ1) is 24.8. The number of aromatic amines is 1. The molecule has 3 aromatic carbocycles. The van der Waals surface area contributed by atoms with Gasteiger partial charge >= 0.3 is 6.09 Å². The molecule has 1 aliphatic rings. The number of amides is 2. The lowest BCUT2D eigenvalue weighted by atomic mass is 10.0. The fourth-order valence-corrected chi connectivity index (χ4v) is 6.81. The Morgan fingerprint density at radius 2 is 1.90 bits per heavy atom. The predicted octanol–water partition coefficient (Wildman–Crippen LogP) is 5.23. The molecule has 1 saturated heterocycles. The van der Waals surface area contributed by atoms with Crippen molar-refractivity contribution in [2.24, 2.45) is 0 Å². The van der Waals surface area contributed by atoms with Crippen molar-refractivity contribution in [3.8, 4) is 22.1 Å². The van der Waals surface area contributed by atoms with E-state index < -0.39 is 12.2 Å². The van der Waals surface area contributed by atoms with E-state index in [0.29, 0.717) is 73.5 Å². The van der Waals surface area contributed by atoms with E-state index in [2.05, 4.69) is 30.8 Å². The SMILES string of the molecule is COc1cc(NC(=O)CCN2CCC(OC(=O)Nc3ccccc3-c3nccs3)CC2)ccc1CNC[C@@H](O)c1ccc(O)c2[nH]c(=O)ccc12. The van der Waals surface area contributed by atoms with Crippen molar-refractivity contribution in [2.75, 3.05) is 43.9 Å². The summed E-state index contributed by atoms with van der Waals surface area (Å²) in [5.41, 5.74) is 3.46. The number of thiazole rings is 1. The van der Waals surface area contributed by atoms with Gasteiger partial charge in [0.25, 0.3) is 0 Å². The molecule has 3 heterocycles. The molecule has 2 amide bonds. The Hall–Kier alpha value is -5.28. The Balaban J connectivity index is 0.922. The Bertz CT molecular complexity index is 2030. The molecule has 6 rings (SSSR count). The van der Waals surface area contributed by atoms with Crippen LogP contribution in [0, 0.1) is 0 Å². The third-order valence-electron chi connectivity index (χ3n) is 8.78. The van der Waals surface area contributed by atoms with Gasteiger partial charge in [-0.1, -0.05) is 24.3 Å². The van der Waals surface area contributed by atoms with Gasteiger partial charge in [0.2, 0.25) is 11.5 Å². The summed E-state index contributed by atoms with van der Waals surface area (Å²) in [5, 5.41) is 33.3. The first kappa shape index (κ1) is 35.5. The number of piperidine rings is 1. The van der Waals surface area contributed by atoms with Gasteiger partial charge in [-0.15, -0.1) is 11.3 Å². The number of methoxy groups -OCH3 is 1. The van der Waals surface area contributed by atoms with E-state index in [-0.39, 0.29) is 35.4 Å². The maximum atomic E-state index is 12.8. The molecule has 6 N–H and O–H groups in total. The summed E-state index contributed by atoms with van der Waals surface area (Å²) in [6.45, 7) is 2.61. The summed E-state index contributed by atoms with van der Waals surface area (Å²) in [7, 11) is 1.56. The normalized spacial score (nSPS) is 14.2. The van der Waals surface area contributed by atoms with Crippen LogP contribution in [0.15, 0.2) is 83.1 Å². The van der Waals surface area contributed by atoms with Crippen LogP contribution in [0.25, 0.3) is 21.5 Å². The second-order valence-corrected chi connectivity index (χ2v) is 13.1. The topological polar surface area (TPSA) is 178 Å². The van der Waals surface area contributed by atoms with Crippen LogP contribution in [0.5, 0.6) is 11.5 Å². The third-order valence-corrected chi connectivity index (χ3v) is 9.59. The van der Waals surface area contributed by atoms with Crippen molar-refractivity contribution in [3.63, 3.8) is 0 Å². The van der Waals surface area contributed by atoms with Crippen LogP contribution in [0.1, 0.15) is 36.5 Å². The minimum Gasteiger partial charge on any atom is -0.506 e. The number of phenols is 1. The molecule has 2 aromatic heterocycles. The minimum atomic E-state index is -0.899. The third kappa shape index (κ3) is 9.10. The number of aliphatic hydroxyl groups excluding tert-OH is 1. The van der Waals surface area contributed by atoms with Gasteiger partial charge in [-0.3, -0.25) is 14.9 Å². The molecule has 1 atom stereocenters. The standard InChI is InChI=1S/C37H40N6O7S/c1-49-32-20-24(7-6-23(32)21-38-22-31(45)26-8-10-30(44)35-27(26)9-11-33(46)42-35)40-34(47)14-18-43-16-12-25(13-17-43)50-37(48)41-29-5-3-2-4-28(29)36-39-15-19-51-36/h2-11,15,19-20,25,31,38,44-45H,12-14,16-18,21-22H2,1H3,(H,40,47)(H,41,48)(H,42,46)/t31-/m1/s1. The number of likely N-dealkylation sites (tertiary alicyclic amines) is 1. The number of hydrogen-bond acceptors (Lipinski definition) is 11. The Morgan fingerprint density at radius 3 is 2.69 bits per heavy atom. The molecular formula is C37H40N6O7S. The number of rotatable bonds is 13. The fraction of sp³-hybridized carbons (Fsp3) is 0.297. The van der Waals surface area contributed by atoms with E-state index in [1.165, 1.54) is 23.5 Å². The number of phenolic OH excluding ortho intramolecular Hbond substituents is 1. The van der Waals surface area contributed by atoms with Gasteiger partial charge in [0.15, 0.2) is 0 Å². The summed E-state index contributed by atoms with van der Waals surface area (Å²) < 4.78 is 11.3. The summed E-state index contributed by atoms with van der Waals surface area (Å²) in [6.07, 6.45) is 1.80. The first-order valence-electron chi connectivity index (χ1n) is 16.7. The molecule has 1 aliphatic heterocycles. The molecule has 0 saturated carbocycles. The second-order valence-electron chi connectivity index (χ2n) is 12.2. The summed E-state index contributed by atoms with van der Waals surface area (Å²) >= 11 is 1.50. The summed E-state index contributed by atoms with van der Waals surface area (Å²) in [4.78, 5) is 46.3. The number of nitrogens with zero attached hydrogens (tertiary/aromatic N) is 2. The maximum Gasteiger partial charge on any atom is 0.411 e. The number of ether oxygens (including phenoxy) is 2. The number of anilines is 2. The molecule has 13 nitrogen and oxygen atoms in total. The number of aliphatic hydroxyl groups is 1. The second kappa shape index (κ2) is 16.6. The lowest BCUT2D eigenvalue weighted by Crippen LogP contribution is -2.39. The van der Waals surface area contributed by atoms with Crippen LogP contribution in [0.4, 0.5) is 16.2 Å². The maximum absolute atomic E-state index is 12.8. The van der Waals surface area contributed by atoms with E-state index in [0.717, 1.165) is 16.1 Å². The van der Waals surface area contributed by atoms with Crippen LogP contribution in [-0.4, -0.2) is 76.5 Å². The number of aromatic nitrogens is 2.